The first kappa shape index (κ1) is 16.3. The van der Waals surface area contributed by atoms with Crippen molar-refractivity contribution in [3.8, 4) is 5.69 Å². The molecule has 1 fully saturated rings. The van der Waals surface area contributed by atoms with Crippen LogP contribution in [0.25, 0.3) is 5.69 Å². The molecule has 128 valence electrons. The zero-order valence-electron chi connectivity index (χ0n) is 13.8. The summed E-state index contributed by atoms with van der Waals surface area (Å²) in [6.07, 6.45) is 0. The number of nitrogens with one attached hydrogen (secondary N) is 1. The van der Waals surface area contributed by atoms with Gasteiger partial charge in [-0.1, -0.05) is 0 Å². The maximum atomic E-state index is 14.1. The number of benzene rings is 1. The molecule has 1 saturated heterocycles. The van der Waals surface area contributed by atoms with Gasteiger partial charge in [0.15, 0.2) is 5.82 Å². The van der Waals surface area contributed by atoms with Gasteiger partial charge in [-0.3, -0.25) is 0 Å². The van der Waals surface area contributed by atoms with Crippen LogP contribution in [-0.2, 0) is 4.74 Å². The second kappa shape index (κ2) is 6.16. The second-order valence-electron chi connectivity index (χ2n) is 6.26. The molecule has 1 aromatic carbocycles. The number of halogens is 1. The SMILES string of the molecule is Cc1nnnn1-c1cc(NC(=O)N2CCOC(C)(C)C2)ccc1F. The Morgan fingerprint density at radius 2 is 2.21 bits per heavy atom. The van der Waals surface area contributed by atoms with Gasteiger partial charge < -0.3 is 15.0 Å². The molecule has 0 unspecified atom stereocenters. The van der Waals surface area contributed by atoms with Crippen LogP contribution in [0.1, 0.15) is 19.7 Å². The van der Waals surface area contributed by atoms with Gasteiger partial charge in [-0.15, -0.1) is 5.10 Å². The van der Waals surface area contributed by atoms with E-state index in [1.54, 1.807) is 11.8 Å². The van der Waals surface area contributed by atoms with E-state index in [2.05, 4.69) is 20.8 Å². The van der Waals surface area contributed by atoms with E-state index in [-0.39, 0.29) is 17.3 Å². The number of anilines is 1. The maximum Gasteiger partial charge on any atom is 0.322 e. The summed E-state index contributed by atoms with van der Waals surface area (Å²) in [6.45, 7) is 7.01. The number of amides is 2. The van der Waals surface area contributed by atoms with E-state index in [1.807, 2.05) is 13.8 Å². The number of carbonyl (C=O) groups excluding carboxylic acids is 1. The van der Waals surface area contributed by atoms with Crippen molar-refractivity contribution in [1.29, 1.82) is 0 Å². The van der Waals surface area contributed by atoms with Crippen LogP contribution >= 0.6 is 0 Å². The number of hydrogen-bond donors (Lipinski definition) is 1. The lowest BCUT2D eigenvalue weighted by Gasteiger charge is -2.38. The fourth-order valence-electron chi connectivity index (χ4n) is 2.60. The predicted octanol–water partition coefficient (Wildman–Crippen LogP) is 1.75. The highest BCUT2D eigenvalue weighted by atomic mass is 19.1. The van der Waals surface area contributed by atoms with E-state index in [9.17, 15) is 9.18 Å². The summed E-state index contributed by atoms with van der Waals surface area (Å²) in [7, 11) is 0. The number of hydrogen-bond acceptors (Lipinski definition) is 5. The number of carbonyl (C=O) groups is 1. The highest BCUT2D eigenvalue weighted by molar-refractivity contribution is 5.89. The average Bonchev–Trinajstić information content (AvgIpc) is 2.94. The number of urea groups is 1. The minimum Gasteiger partial charge on any atom is -0.372 e. The van der Waals surface area contributed by atoms with E-state index >= 15 is 0 Å². The van der Waals surface area contributed by atoms with Crippen LogP contribution in [-0.4, -0.2) is 56.4 Å². The number of morpholine rings is 1. The molecule has 0 radical (unpaired) electrons. The Morgan fingerprint density at radius 3 is 2.88 bits per heavy atom. The van der Waals surface area contributed by atoms with E-state index < -0.39 is 5.82 Å². The first-order valence-electron chi connectivity index (χ1n) is 7.60. The van der Waals surface area contributed by atoms with Gasteiger partial charge in [0.25, 0.3) is 0 Å². The van der Waals surface area contributed by atoms with Gasteiger partial charge in [0.1, 0.15) is 11.5 Å². The quantitative estimate of drug-likeness (QED) is 0.904. The number of tetrazole rings is 1. The molecule has 9 heteroatoms. The molecule has 1 aliphatic heterocycles. The fourth-order valence-corrected chi connectivity index (χ4v) is 2.60. The van der Waals surface area contributed by atoms with Crippen molar-refractivity contribution in [3.05, 3.63) is 29.8 Å². The summed E-state index contributed by atoms with van der Waals surface area (Å²) in [4.78, 5) is 14.1. The van der Waals surface area contributed by atoms with Crippen LogP contribution in [0.5, 0.6) is 0 Å². The van der Waals surface area contributed by atoms with Gasteiger partial charge in [-0.2, -0.15) is 4.68 Å². The third-order valence-corrected chi connectivity index (χ3v) is 3.76. The first-order valence-corrected chi connectivity index (χ1v) is 7.60. The van der Waals surface area contributed by atoms with Gasteiger partial charge >= 0.3 is 6.03 Å². The molecule has 3 rings (SSSR count). The standard InChI is InChI=1S/C15H19FN6O2/c1-10-18-19-20-22(10)13-8-11(4-5-12(13)16)17-14(23)21-6-7-24-15(2,3)9-21/h4-5,8H,6-7,9H2,1-3H3,(H,17,23). The molecule has 1 aliphatic rings. The van der Waals surface area contributed by atoms with Crippen molar-refractivity contribution >= 4 is 11.7 Å². The Morgan fingerprint density at radius 1 is 1.42 bits per heavy atom. The number of aryl methyl sites for hydroxylation is 1. The average molecular weight is 334 g/mol. The molecule has 2 aromatic rings. The first-order chi connectivity index (χ1) is 11.4. The van der Waals surface area contributed by atoms with E-state index in [1.165, 1.54) is 22.9 Å². The zero-order valence-corrected chi connectivity index (χ0v) is 13.8. The Balaban J connectivity index is 1.78. The highest BCUT2D eigenvalue weighted by Gasteiger charge is 2.30. The minimum atomic E-state index is -0.476. The molecular weight excluding hydrogens is 315 g/mol. The second-order valence-corrected chi connectivity index (χ2v) is 6.26. The Bertz CT molecular complexity index is 760. The molecule has 0 spiro atoms. The van der Waals surface area contributed by atoms with E-state index in [0.29, 0.717) is 31.2 Å². The molecule has 24 heavy (non-hydrogen) atoms. The smallest absolute Gasteiger partial charge is 0.322 e. The van der Waals surface area contributed by atoms with Crippen molar-refractivity contribution in [2.45, 2.75) is 26.4 Å². The Hall–Kier alpha value is -2.55. The lowest BCUT2D eigenvalue weighted by Crippen LogP contribution is -2.51. The van der Waals surface area contributed by atoms with Crippen molar-refractivity contribution in [1.82, 2.24) is 25.1 Å². The normalized spacial score (nSPS) is 16.9. The molecule has 0 bridgehead atoms. The van der Waals surface area contributed by atoms with Crippen molar-refractivity contribution < 1.29 is 13.9 Å². The van der Waals surface area contributed by atoms with Crippen molar-refractivity contribution in [3.63, 3.8) is 0 Å². The van der Waals surface area contributed by atoms with Crippen LogP contribution in [0.15, 0.2) is 18.2 Å². The summed E-state index contributed by atoms with van der Waals surface area (Å²) in [6, 6.07) is 4.02. The number of rotatable bonds is 2. The molecule has 0 saturated carbocycles. The summed E-state index contributed by atoms with van der Waals surface area (Å²) >= 11 is 0. The number of aromatic nitrogens is 4. The molecule has 8 nitrogen and oxygen atoms in total. The van der Waals surface area contributed by atoms with Gasteiger partial charge in [0, 0.05) is 12.2 Å². The van der Waals surface area contributed by atoms with E-state index in [4.69, 9.17) is 4.74 Å². The van der Waals surface area contributed by atoms with Gasteiger partial charge in [-0.25, -0.2) is 9.18 Å². The van der Waals surface area contributed by atoms with Crippen LogP contribution in [0.4, 0.5) is 14.9 Å². The molecule has 2 heterocycles. The third kappa shape index (κ3) is 3.35. The maximum absolute atomic E-state index is 14.1. The summed E-state index contributed by atoms with van der Waals surface area (Å²) < 4.78 is 20.9. The summed E-state index contributed by atoms with van der Waals surface area (Å²) in [5.74, 6) is -0.0248. The van der Waals surface area contributed by atoms with Crippen LogP contribution < -0.4 is 5.32 Å². The lowest BCUT2D eigenvalue weighted by molar-refractivity contribution is -0.0720. The van der Waals surface area contributed by atoms with Crippen molar-refractivity contribution in [2.24, 2.45) is 0 Å². The number of nitrogens with zero attached hydrogens (tertiary/aromatic N) is 5. The predicted molar refractivity (Wildman–Crippen MR) is 84.5 cm³/mol. The van der Waals surface area contributed by atoms with Crippen LogP contribution in [0.2, 0.25) is 0 Å². The topological polar surface area (TPSA) is 85.2 Å². The lowest BCUT2D eigenvalue weighted by atomic mass is 10.1. The van der Waals surface area contributed by atoms with Gasteiger partial charge in [0.05, 0.1) is 18.8 Å². The summed E-state index contributed by atoms with van der Waals surface area (Å²) in [5, 5.41) is 13.8. The molecule has 1 aromatic heterocycles. The largest absolute Gasteiger partial charge is 0.372 e. The minimum absolute atomic E-state index is 0.178. The molecule has 1 N–H and O–H groups in total. The summed E-state index contributed by atoms with van der Waals surface area (Å²) in [5.41, 5.74) is 0.265. The monoisotopic (exact) mass is 334 g/mol. The zero-order chi connectivity index (χ0) is 17.3. The van der Waals surface area contributed by atoms with Crippen molar-refractivity contribution in [2.75, 3.05) is 25.0 Å². The van der Waals surface area contributed by atoms with Crippen LogP contribution in [0.3, 0.4) is 0 Å². The Labute approximate surface area is 138 Å². The van der Waals surface area contributed by atoms with Crippen LogP contribution in [0, 0.1) is 12.7 Å². The third-order valence-electron chi connectivity index (χ3n) is 3.76. The van der Waals surface area contributed by atoms with Gasteiger partial charge in [-0.05, 0) is 49.4 Å². The number of ether oxygens (including phenoxy) is 1. The molecular formula is C15H19FN6O2. The molecule has 2 amide bonds. The highest BCUT2D eigenvalue weighted by Crippen LogP contribution is 2.21. The fraction of sp³-hybridized carbons (Fsp3) is 0.467. The molecule has 0 atom stereocenters. The van der Waals surface area contributed by atoms with Gasteiger partial charge in [0.2, 0.25) is 0 Å². The van der Waals surface area contributed by atoms with E-state index in [0.717, 1.165) is 0 Å². The molecule has 0 aliphatic carbocycles. The Kier molecular flexibility index (Phi) is 4.18.